The van der Waals surface area contributed by atoms with Gasteiger partial charge < -0.3 is 38.3 Å². The summed E-state index contributed by atoms with van der Waals surface area (Å²) in [4.78, 5) is 70.6. The van der Waals surface area contributed by atoms with Crippen molar-refractivity contribution in [3.63, 3.8) is 0 Å². The normalized spacial score (nSPS) is 14.6. The first-order valence-corrected chi connectivity index (χ1v) is 9.72. The molecule has 0 aromatic carbocycles. The standard InChI is InChI=1S/C18H32N6O7/c1-8(2)14(21)17(29)24-11(5-7-13(20)26)16(28)23-10(4-6-12(19)25)15(27)22-9(3)18(30)31/h8-11,14H,4-7,21H2,1-3H3,(H2,19,25)(H2,20,26)(H,22,27)(H,23,28)(H,24,29)(H,30,31). The topological polar surface area (TPSA) is 237 Å². The van der Waals surface area contributed by atoms with E-state index in [1.165, 1.54) is 6.92 Å². The lowest BCUT2D eigenvalue weighted by molar-refractivity contribution is -0.142. The average Bonchev–Trinajstić information content (AvgIpc) is 2.66. The Morgan fingerprint density at radius 3 is 1.48 bits per heavy atom. The minimum Gasteiger partial charge on any atom is -0.480 e. The molecule has 13 heteroatoms. The number of hydrogen-bond donors (Lipinski definition) is 7. The summed E-state index contributed by atoms with van der Waals surface area (Å²) in [6.45, 7) is 4.63. The molecule has 0 saturated heterocycles. The number of carbonyl (C=O) groups excluding carboxylic acids is 5. The third-order valence-electron chi connectivity index (χ3n) is 4.37. The molecule has 4 atom stereocenters. The molecule has 0 aliphatic carbocycles. The lowest BCUT2D eigenvalue weighted by Gasteiger charge is -2.25. The van der Waals surface area contributed by atoms with E-state index in [9.17, 15) is 28.8 Å². The summed E-state index contributed by atoms with van der Waals surface area (Å²) in [7, 11) is 0. The fourth-order valence-electron chi connectivity index (χ4n) is 2.33. The molecule has 0 heterocycles. The van der Waals surface area contributed by atoms with E-state index in [4.69, 9.17) is 22.3 Å². The molecule has 0 bridgehead atoms. The number of aliphatic carboxylic acids is 1. The van der Waals surface area contributed by atoms with E-state index in [0.717, 1.165) is 0 Å². The van der Waals surface area contributed by atoms with Gasteiger partial charge in [-0.15, -0.1) is 0 Å². The molecule has 13 nitrogen and oxygen atoms in total. The number of nitrogens with one attached hydrogen (secondary N) is 3. The summed E-state index contributed by atoms with van der Waals surface area (Å²) >= 11 is 0. The minimum atomic E-state index is -1.31. The zero-order valence-electron chi connectivity index (χ0n) is 17.8. The number of primary amides is 2. The molecule has 176 valence electrons. The van der Waals surface area contributed by atoms with Crippen LogP contribution in [0, 0.1) is 5.92 Å². The highest BCUT2D eigenvalue weighted by Gasteiger charge is 2.30. The Hall–Kier alpha value is -3.22. The van der Waals surface area contributed by atoms with Gasteiger partial charge in [0.15, 0.2) is 0 Å². The number of nitrogens with two attached hydrogens (primary N) is 3. The highest BCUT2D eigenvalue weighted by molar-refractivity contribution is 5.94. The van der Waals surface area contributed by atoms with Crippen LogP contribution in [-0.4, -0.2) is 64.8 Å². The summed E-state index contributed by atoms with van der Waals surface area (Å²) in [6.07, 6.45) is -0.867. The van der Waals surface area contributed by atoms with Gasteiger partial charge in [-0.3, -0.25) is 28.8 Å². The van der Waals surface area contributed by atoms with E-state index in [1.807, 2.05) is 0 Å². The maximum absolute atomic E-state index is 12.7. The van der Waals surface area contributed by atoms with Crippen LogP contribution in [0.1, 0.15) is 46.5 Å². The highest BCUT2D eigenvalue weighted by atomic mass is 16.4. The summed E-state index contributed by atoms with van der Waals surface area (Å²) < 4.78 is 0. The van der Waals surface area contributed by atoms with Crippen LogP contribution in [0.15, 0.2) is 0 Å². The van der Waals surface area contributed by atoms with E-state index >= 15 is 0 Å². The second-order valence-electron chi connectivity index (χ2n) is 7.47. The molecule has 0 aliphatic heterocycles. The Morgan fingerprint density at radius 1 is 0.742 bits per heavy atom. The fourth-order valence-corrected chi connectivity index (χ4v) is 2.33. The summed E-state index contributed by atoms with van der Waals surface area (Å²) in [5, 5.41) is 15.9. The van der Waals surface area contributed by atoms with Crippen molar-refractivity contribution in [2.45, 2.75) is 70.6 Å². The first-order chi connectivity index (χ1) is 14.3. The zero-order chi connectivity index (χ0) is 24.3. The van der Waals surface area contributed by atoms with E-state index in [2.05, 4.69) is 16.0 Å². The van der Waals surface area contributed by atoms with Crippen LogP contribution in [0.2, 0.25) is 0 Å². The summed E-state index contributed by atoms with van der Waals surface area (Å²) in [5.74, 6) is -5.31. The maximum Gasteiger partial charge on any atom is 0.325 e. The van der Waals surface area contributed by atoms with E-state index in [-0.39, 0.29) is 31.6 Å². The van der Waals surface area contributed by atoms with Crippen molar-refractivity contribution >= 4 is 35.5 Å². The molecule has 0 aromatic heterocycles. The smallest absolute Gasteiger partial charge is 0.325 e. The predicted molar refractivity (Wildman–Crippen MR) is 109 cm³/mol. The van der Waals surface area contributed by atoms with Crippen molar-refractivity contribution in [3.05, 3.63) is 0 Å². The van der Waals surface area contributed by atoms with Crippen LogP contribution in [0.4, 0.5) is 0 Å². The third-order valence-corrected chi connectivity index (χ3v) is 4.37. The molecule has 0 fully saturated rings. The number of rotatable bonds is 14. The molecule has 0 spiro atoms. The fraction of sp³-hybridized carbons (Fsp3) is 0.667. The van der Waals surface area contributed by atoms with Gasteiger partial charge >= 0.3 is 5.97 Å². The lowest BCUT2D eigenvalue weighted by atomic mass is 10.0. The number of hydrogen-bond acceptors (Lipinski definition) is 7. The number of carboxylic acid groups (broad SMARTS) is 1. The third kappa shape index (κ3) is 10.9. The van der Waals surface area contributed by atoms with Gasteiger partial charge in [0.2, 0.25) is 29.5 Å². The number of carbonyl (C=O) groups is 6. The van der Waals surface area contributed by atoms with Crippen molar-refractivity contribution in [3.8, 4) is 0 Å². The molecule has 0 aliphatic rings. The Kier molecular flexibility index (Phi) is 11.8. The Bertz CT molecular complexity index is 697. The molecule has 0 saturated carbocycles. The van der Waals surface area contributed by atoms with Gasteiger partial charge in [-0.2, -0.15) is 0 Å². The summed E-state index contributed by atoms with van der Waals surface area (Å²) in [5.41, 5.74) is 16.0. The Balaban J connectivity index is 5.47. The summed E-state index contributed by atoms with van der Waals surface area (Å²) in [6, 6.07) is -4.73. The molecule has 0 rings (SSSR count). The van der Waals surface area contributed by atoms with E-state index in [1.54, 1.807) is 13.8 Å². The average molecular weight is 444 g/mol. The Morgan fingerprint density at radius 2 is 1.13 bits per heavy atom. The van der Waals surface area contributed by atoms with Crippen LogP contribution in [0.25, 0.3) is 0 Å². The molecular weight excluding hydrogens is 412 g/mol. The number of amides is 5. The molecule has 10 N–H and O–H groups in total. The van der Waals surface area contributed by atoms with Crippen LogP contribution in [0.5, 0.6) is 0 Å². The highest BCUT2D eigenvalue weighted by Crippen LogP contribution is 2.05. The van der Waals surface area contributed by atoms with Gasteiger partial charge in [0.1, 0.15) is 18.1 Å². The minimum absolute atomic E-state index is 0.159. The molecule has 0 aromatic rings. The van der Waals surface area contributed by atoms with Gasteiger partial charge in [-0.25, -0.2) is 0 Å². The van der Waals surface area contributed by atoms with Gasteiger partial charge in [0.25, 0.3) is 0 Å². The van der Waals surface area contributed by atoms with Gasteiger partial charge in [0, 0.05) is 12.8 Å². The molecule has 5 amide bonds. The maximum atomic E-state index is 12.7. The van der Waals surface area contributed by atoms with Gasteiger partial charge in [-0.1, -0.05) is 13.8 Å². The predicted octanol–water partition coefficient (Wildman–Crippen LogP) is -2.94. The molecule has 31 heavy (non-hydrogen) atoms. The Labute approximate surface area is 179 Å². The molecule has 4 unspecified atom stereocenters. The number of carboxylic acids is 1. The van der Waals surface area contributed by atoms with Crippen molar-refractivity contribution in [1.82, 2.24) is 16.0 Å². The van der Waals surface area contributed by atoms with Crippen LogP contribution in [-0.2, 0) is 28.8 Å². The molecular formula is C18H32N6O7. The lowest BCUT2D eigenvalue weighted by Crippen LogP contribution is -2.57. The van der Waals surface area contributed by atoms with Gasteiger partial charge in [0.05, 0.1) is 6.04 Å². The van der Waals surface area contributed by atoms with Crippen molar-refractivity contribution < 1.29 is 33.9 Å². The van der Waals surface area contributed by atoms with E-state index in [0.29, 0.717) is 0 Å². The first-order valence-electron chi connectivity index (χ1n) is 9.72. The first kappa shape index (κ1) is 27.8. The van der Waals surface area contributed by atoms with E-state index < -0.39 is 59.7 Å². The van der Waals surface area contributed by atoms with Crippen molar-refractivity contribution in [1.29, 1.82) is 0 Å². The van der Waals surface area contributed by atoms with Crippen LogP contribution in [0.3, 0.4) is 0 Å². The largest absolute Gasteiger partial charge is 0.480 e. The second kappa shape index (κ2) is 13.2. The van der Waals surface area contributed by atoms with Crippen LogP contribution < -0.4 is 33.2 Å². The van der Waals surface area contributed by atoms with Gasteiger partial charge in [-0.05, 0) is 25.7 Å². The zero-order valence-corrected chi connectivity index (χ0v) is 17.8. The quantitative estimate of drug-likeness (QED) is 0.146. The monoisotopic (exact) mass is 444 g/mol. The second-order valence-corrected chi connectivity index (χ2v) is 7.47. The molecule has 0 radical (unpaired) electrons. The SMILES string of the molecule is CC(NC(=O)C(CCC(N)=O)NC(=O)C(CCC(N)=O)NC(=O)C(N)C(C)C)C(=O)O. The van der Waals surface area contributed by atoms with Crippen molar-refractivity contribution in [2.75, 3.05) is 0 Å². The van der Waals surface area contributed by atoms with Crippen molar-refractivity contribution in [2.24, 2.45) is 23.1 Å². The van der Waals surface area contributed by atoms with Crippen LogP contribution >= 0.6 is 0 Å².